The lowest BCUT2D eigenvalue weighted by Gasteiger charge is -2.25. The van der Waals surface area contributed by atoms with Crippen LogP contribution in [-0.2, 0) is 4.79 Å². The maximum absolute atomic E-state index is 12.4. The van der Waals surface area contributed by atoms with Crippen LogP contribution in [0.2, 0.25) is 0 Å². The van der Waals surface area contributed by atoms with Gasteiger partial charge < -0.3 is 10.6 Å². The van der Waals surface area contributed by atoms with Crippen LogP contribution in [0.5, 0.6) is 0 Å². The van der Waals surface area contributed by atoms with Gasteiger partial charge in [0.05, 0.1) is 11.7 Å². The van der Waals surface area contributed by atoms with Crippen LogP contribution in [0.15, 0.2) is 42.5 Å². The summed E-state index contributed by atoms with van der Waals surface area (Å²) in [5.41, 5.74) is 6.82. The summed E-state index contributed by atoms with van der Waals surface area (Å²) in [4.78, 5) is 14.1. The van der Waals surface area contributed by atoms with Gasteiger partial charge in [-0.05, 0) is 24.8 Å². The molecule has 3 nitrogen and oxygen atoms in total. The number of nitrogens with two attached hydrogens (primary N) is 1. The largest absolute Gasteiger partial charge is 0.320 e. The SMILES string of the molecule is CC[C@H](N)C(=O)N(CC)c1cccc2ccccc12. The lowest BCUT2D eigenvalue weighted by atomic mass is 10.1. The van der Waals surface area contributed by atoms with E-state index >= 15 is 0 Å². The first kappa shape index (κ1) is 13.6. The molecular formula is C16H20N2O. The third-order valence-electron chi connectivity index (χ3n) is 3.40. The summed E-state index contributed by atoms with van der Waals surface area (Å²) in [5.74, 6) is -0.0126. The molecule has 2 rings (SSSR count). The van der Waals surface area contributed by atoms with E-state index in [1.807, 2.05) is 44.2 Å². The number of rotatable bonds is 4. The smallest absolute Gasteiger partial charge is 0.243 e. The summed E-state index contributed by atoms with van der Waals surface area (Å²) in [6.45, 7) is 4.53. The minimum Gasteiger partial charge on any atom is -0.320 e. The first-order chi connectivity index (χ1) is 9.19. The molecule has 0 spiro atoms. The van der Waals surface area contributed by atoms with E-state index in [2.05, 4.69) is 12.1 Å². The quantitative estimate of drug-likeness (QED) is 0.914. The zero-order valence-electron chi connectivity index (χ0n) is 11.5. The van der Waals surface area contributed by atoms with Gasteiger partial charge in [0.2, 0.25) is 5.91 Å². The standard InChI is InChI=1S/C16H20N2O/c1-3-14(17)16(19)18(4-2)15-11-7-9-12-8-5-6-10-13(12)15/h5-11,14H,3-4,17H2,1-2H3/t14-/m0/s1. The Hall–Kier alpha value is -1.87. The van der Waals surface area contributed by atoms with Crippen LogP contribution >= 0.6 is 0 Å². The molecule has 0 aliphatic heterocycles. The Kier molecular flexibility index (Phi) is 4.17. The Balaban J connectivity index is 2.49. The molecule has 0 radical (unpaired) electrons. The molecule has 2 N–H and O–H groups in total. The van der Waals surface area contributed by atoms with Crippen LogP contribution in [0, 0.1) is 0 Å². The third kappa shape index (κ3) is 2.61. The molecule has 3 heteroatoms. The van der Waals surface area contributed by atoms with Crippen molar-refractivity contribution < 1.29 is 4.79 Å². The van der Waals surface area contributed by atoms with Gasteiger partial charge in [0.25, 0.3) is 0 Å². The van der Waals surface area contributed by atoms with Gasteiger partial charge in [-0.2, -0.15) is 0 Å². The summed E-state index contributed by atoms with van der Waals surface area (Å²) in [5, 5.41) is 2.22. The lowest BCUT2D eigenvalue weighted by Crippen LogP contribution is -2.43. The monoisotopic (exact) mass is 256 g/mol. The molecule has 0 heterocycles. The van der Waals surface area contributed by atoms with E-state index in [1.54, 1.807) is 4.90 Å². The summed E-state index contributed by atoms with van der Waals surface area (Å²) in [6, 6.07) is 13.7. The highest BCUT2D eigenvalue weighted by molar-refractivity contribution is 6.05. The molecule has 2 aromatic rings. The molecule has 0 unspecified atom stereocenters. The highest BCUT2D eigenvalue weighted by Crippen LogP contribution is 2.27. The van der Waals surface area contributed by atoms with Gasteiger partial charge in [-0.3, -0.25) is 4.79 Å². The van der Waals surface area contributed by atoms with Crippen molar-refractivity contribution in [2.75, 3.05) is 11.4 Å². The lowest BCUT2D eigenvalue weighted by molar-refractivity contribution is -0.119. The topological polar surface area (TPSA) is 46.3 Å². The number of carbonyl (C=O) groups is 1. The molecule has 100 valence electrons. The molecule has 0 aliphatic carbocycles. The number of hydrogen-bond donors (Lipinski definition) is 1. The molecule has 0 aliphatic rings. The van der Waals surface area contributed by atoms with E-state index in [9.17, 15) is 4.79 Å². The maximum Gasteiger partial charge on any atom is 0.243 e. The second kappa shape index (κ2) is 5.85. The van der Waals surface area contributed by atoms with Crippen LogP contribution < -0.4 is 10.6 Å². The average molecular weight is 256 g/mol. The molecule has 0 aromatic heterocycles. The molecule has 0 saturated heterocycles. The van der Waals surface area contributed by atoms with Crippen molar-refractivity contribution in [1.29, 1.82) is 0 Å². The molecule has 19 heavy (non-hydrogen) atoms. The number of nitrogens with zero attached hydrogens (tertiary/aromatic N) is 1. The van der Waals surface area contributed by atoms with Gasteiger partial charge in [-0.25, -0.2) is 0 Å². The fraction of sp³-hybridized carbons (Fsp3) is 0.312. The van der Waals surface area contributed by atoms with Crippen LogP contribution in [0.25, 0.3) is 10.8 Å². The number of anilines is 1. The molecular weight excluding hydrogens is 236 g/mol. The Bertz CT molecular complexity index is 574. The molecule has 0 saturated carbocycles. The minimum absolute atomic E-state index is 0.0126. The molecule has 1 amide bonds. The van der Waals surface area contributed by atoms with Crippen LogP contribution in [0.3, 0.4) is 0 Å². The van der Waals surface area contributed by atoms with Crippen molar-refractivity contribution in [3.05, 3.63) is 42.5 Å². The zero-order valence-corrected chi connectivity index (χ0v) is 11.5. The predicted molar refractivity (Wildman–Crippen MR) is 80.2 cm³/mol. The van der Waals surface area contributed by atoms with E-state index in [1.165, 1.54) is 0 Å². The number of fused-ring (bicyclic) bond motifs is 1. The van der Waals surface area contributed by atoms with Crippen molar-refractivity contribution in [2.45, 2.75) is 26.3 Å². The van der Waals surface area contributed by atoms with E-state index < -0.39 is 6.04 Å². The maximum atomic E-state index is 12.4. The van der Waals surface area contributed by atoms with Crippen LogP contribution in [0.4, 0.5) is 5.69 Å². The second-order valence-corrected chi connectivity index (χ2v) is 4.60. The van der Waals surface area contributed by atoms with Crippen molar-refractivity contribution in [3.8, 4) is 0 Å². The minimum atomic E-state index is -0.432. The van der Waals surface area contributed by atoms with Crippen LogP contribution in [0.1, 0.15) is 20.3 Å². The van der Waals surface area contributed by atoms with Crippen LogP contribution in [-0.4, -0.2) is 18.5 Å². The van der Waals surface area contributed by atoms with Gasteiger partial charge in [0, 0.05) is 11.9 Å². The van der Waals surface area contributed by atoms with Crippen molar-refractivity contribution in [3.63, 3.8) is 0 Å². The number of likely N-dealkylation sites (N-methyl/N-ethyl adjacent to an activating group) is 1. The fourth-order valence-electron chi connectivity index (χ4n) is 2.26. The van der Waals surface area contributed by atoms with Gasteiger partial charge >= 0.3 is 0 Å². The summed E-state index contributed by atoms with van der Waals surface area (Å²) >= 11 is 0. The number of carbonyl (C=O) groups excluding carboxylic acids is 1. The second-order valence-electron chi connectivity index (χ2n) is 4.60. The molecule has 0 fully saturated rings. The van der Waals surface area contributed by atoms with Gasteiger partial charge in [-0.15, -0.1) is 0 Å². The van der Waals surface area contributed by atoms with Gasteiger partial charge in [-0.1, -0.05) is 43.3 Å². The molecule has 1 atom stereocenters. The van der Waals surface area contributed by atoms with E-state index in [0.29, 0.717) is 13.0 Å². The summed E-state index contributed by atoms with van der Waals surface area (Å²) in [7, 11) is 0. The Morgan fingerprint density at radius 3 is 2.53 bits per heavy atom. The third-order valence-corrected chi connectivity index (χ3v) is 3.40. The number of hydrogen-bond acceptors (Lipinski definition) is 2. The van der Waals surface area contributed by atoms with E-state index in [0.717, 1.165) is 16.5 Å². The normalized spacial score (nSPS) is 12.4. The van der Waals surface area contributed by atoms with Crippen molar-refractivity contribution in [2.24, 2.45) is 5.73 Å². The van der Waals surface area contributed by atoms with Crippen molar-refractivity contribution >= 4 is 22.4 Å². The first-order valence-corrected chi connectivity index (χ1v) is 6.73. The fourth-order valence-corrected chi connectivity index (χ4v) is 2.26. The van der Waals surface area contributed by atoms with E-state index in [4.69, 9.17) is 5.73 Å². The van der Waals surface area contributed by atoms with Gasteiger partial charge in [0.1, 0.15) is 0 Å². The summed E-state index contributed by atoms with van der Waals surface area (Å²) in [6.07, 6.45) is 0.653. The molecule has 0 bridgehead atoms. The Morgan fingerprint density at radius 1 is 1.16 bits per heavy atom. The predicted octanol–water partition coefficient (Wildman–Crippen LogP) is 2.93. The van der Waals surface area contributed by atoms with Gasteiger partial charge in [0.15, 0.2) is 0 Å². The summed E-state index contributed by atoms with van der Waals surface area (Å²) < 4.78 is 0. The number of amides is 1. The zero-order chi connectivity index (χ0) is 13.8. The Labute approximate surface area is 114 Å². The molecule has 2 aromatic carbocycles. The van der Waals surface area contributed by atoms with Crippen molar-refractivity contribution in [1.82, 2.24) is 0 Å². The highest BCUT2D eigenvalue weighted by atomic mass is 16.2. The average Bonchev–Trinajstić information content (AvgIpc) is 2.47. The Morgan fingerprint density at radius 2 is 1.84 bits per heavy atom. The first-order valence-electron chi connectivity index (χ1n) is 6.73. The van der Waals surface area contributed by atoms with E-state index in [-0.39, 0.29) is 5.91 Å². The number of benzene rings is 2. The highest BCUT2D eigenvalue weighted by Gasteiger charge is 2.20.